The van der Waals surface area contributed by atoms with Gasteiger partial charge in [-0.05, 0) is 37.3 Å². The number of rotatable bonds is 4. The number of H-pyrrole nitrogens is 1. The van der Waals surface area contributed by atoms with Gasteiger partial charge in [0, 0.05) is 34.3 Å². The van der Waals surface area contributed by atoms with Crippen LogP contribution in [0.4, 0.5) is 5.69 Å². The lowest BCUT2D eigenvalue weighted by molar-refractivity contribution is 0.102. The number of nitrogens with one attached hydrogen (secondary N) is 2. The van der Waals surface area contributed by atoms with Gasteiger partial charge in [-0.15, -0.1) is 11.3 Å². The third-order valence-electron chi connectivity index (χ3n) is 4.22. The molecule has 0 aliphatic rings. The van der Waals surface area contributed by atoms with Crippen molar-refractivity contribution < 1.29 is 4.79 Å². The van der Waals surface area contributed by atoms with Crippen molar-refractivity contribution in [3.05, 3.63) is 97.3 Å². The predicted octanol–water partition coefficient (Wildman–Crippen LogP) is 3.21. The molecule has 2 heterocycles. The van der Waals surface area contributed by atoms with Gasteiger partial charge in [0.05, 0.1) is 16.4 Å². The third-order valence-corrected chi connectivity index (χ3v) is 4.99. The zero-order valence-electron chi connectivity index (χ0n) is 15.4. The number of aryl methyl sites for hydroxylation is 1. The molecule has 4 aromatic rings. The first-order chi connectivity index (χ1) is 14.0. The van der Waals surface area contributed by atoms with Gasteiger partial charge in [0.1, 0.15) is 0 Å². The van der Waals surface area contributed by atoms with Gasteiger partial charge in [0.15, 0.2) is 0 Å². The topological polar surface area (TPSA) is 96.8 Å². The Morgan fingerprint density at radius 3 is 2.69 bits per heavy atom. The molecule has 0 aliphatic carbocycles. The summed E-state index contributed by atoms with van der Waals surface area (Å²) in [6.07, 6.45) is 0. The maximum atomic E-state index is 12.7. The summed E-state index contributed by atoms with van der Waals surface area (Å²) in [7, 11) is 0. The van der Waals surface area contributed by atoms with Crippen molar-refractivity contribution in [2.75, 3.05) is 5.32 Å². The van der Waals surface area contributed by atoms with Crippen LogP contribution in [0.15, 0.2) is 75.6 Å². The minimum Gasteiger partial charge on any atom is -0.322 e. The highest BCUT2D eigenvalue weighted by Gasteiger charge is 2.10. The number of carbonyl (C=O) groups excluding carboxylic acids is 1. The zero-order valence-corrected chi connectivity index (χ0v) is 16.2. The number of anilines is 1. The molecule has 8 heteroatoms. The first-order valence-electron chi connectivity index (χ1n) is 8.76. The maximum Gasteiger partial charge on any atom is 0.269 e. The fourth-order valence-electron chi connectivity index (χ4n) is 2.86. The molecule has 29 heavy (non-hydrogen) atoms. The second-order valence-electron chi connectivity index (χ2n) is 6.32. The lowest BCUT2D eigenvalue weighted by Gasteiger charge is -2.09. The van der Waals surface area contributed by atoms with Crippen molar-refractivity contribution in [2.45, 2.75) is 6.92 Å². The molecule has 0 saturated carbocycles. The van der Waals surface area contributed by atoms with Crippen molar-refractivity contribution in [3.63, 3.8) is 0 Å². The average Bonchev–Trinajstić information content (AvgIpc) is 3.16. The van der Waals surface area contributed by atoms with Crippen LogP contribution < -0.4 is 16.4 Å². The number of hydrogen-bond donors (Lipinski definition) is 2. The molecule has 2 aromatic heterocycles. The molecule has 4 rings (SSSR count). The Bertz CT molecular complexity index is 1320. The van der Waals surface area contributed by atoms with E-state index in [9.17, 15) is 14.4 Å². The van der Waals surface area contributed by atoms with Gasteiger partial charge in [-0.3, -0.25) is 19.5 Å². The number of thiazole rings is 1. The highest BCUT2D eigenvalue weighted by atomic mass is 32.1. The Balaban J connectivity index is 1.60. The van der Waals surface area contributed by atoms with Gasteiger partial charge in [-0.2, -0.15) is 0 Å². The Labute approximate surface area is 169 Å². The van der Waals surface area contributed by atoms with Crippen LogP contribution >= 0.6 is 11.3 Å². The Morgan fingerprint density at radius 1 is 1.07 bits per heavy atom. The fourth-order valence-corrected chi connectivity index (χ4v) is 3.48. The summed E-state index contributed by atoms with van der Waals surface area (Å²) in [5, 5.41) is 8.25. The van der Waals surface area contributed by atoms with Crippen LogP contribution in [-0.4, -0.2) is 20.7 Å². The molecule has 0 atom stereocenters. The van der Waals surface area contributed by atoms with Crippen LogP contribution in [0.3, 0.4) is 0 Å². The van der Waals surface area contributed by atoms with Gasteiger partial charge in [-0.1, -0.05) is 18.2 Å². The van der Waals surface area contributed by atoms with Crippen LogP contribution in [0.5, 0.6) is 0 Å². The summed E-state index contributed by atoms with van der Waals surface area (Å²) in [4.78, 5) is 40.7. The monoisotopic (exact) mass is 404 g/mol. The number of hydrogen-bond acceptors (Lipinski definition) is 5. The highest BCUT2D eigenvalue weighted by molar-refractivity contribution is 7.09. The smallest absolute Gasteiger partial charge is 0.269 e. The molecule has 2 N–H and O–H groups in total. The van der Waals surface area contributed by atoms with E-state index in [0.29, 0.717) is 16.9 Å². The number of carbonyl (C=O) groups is 1. The number of benzene rings is 2. The Kier molecular flexibility index (Phi) is 4.92. The van der Waals surface area contributed by atoms with Gasteiger partial charge in [0.25, 0.3) is 17.0 Å². The minimum absolute atomic E-state index is 0.329. The second-order valence-corrected chi connectivity index (χ2v) is 7.38. The summed E-state index contributed by atoms with van der Waals surface area (Å²) in [5.41, 5.74) is 2.35. The number of nitrogens with zero attached hydrogens (tertiary/aromatic N) is 2. The Morgan fingerprint density at radius 2 is 1.90 bits per heavy atom. The molecule has 0 bridgehead atoms. The van der Waals surface area contributed by atoms with Crippen molar-refractivity contribution in [1.29, 1.82) is 0 Å². The second kappa shape index (κ2) is 7.69. The van der Waals surface area contributed by atoms with E-state index in [-0.39, 0.29) is 5.91 Å². The predicted molar refractivity (Wildman–Crippen MR) is 113 cm³/mol. The van der Waals surface area contributed by atoms with E-state index in [1.807, 2.05) is 30.5 Å². The van der Waals surface area contributed by atoms with Gasteiger partial charge >= 0.3 is 0 Å². The van der Waals surface area contributed by atoms with Crippen LogP contribution in [0.1, 0.15) is 15.4 Å². The zero-order chi connectivity index (χ0) is 20.4. The van der Waals surface area contributed by atoms with Crippen molar-refractivity contribution in [3.8, 4) is 16.9 Å². The number of amides is 1. The van der Waals surface area contributed by atoms with Crippen LogP contribution in [0.25, 0.3) is 16.9 Å². The van der Waals surface area contributed by atoms with Crippen molar-refractivity contribution >= 4 is 22.9 Å². The highest BCUT2D eigenvalue weighted by Crippen LogP contribution is 2.24. The number of aromatic amines is 1. The van der Waals surface area contributed by atoms with E-state index >= 15 is 0 Å². The van der Waals surface area contributed by atoms with Crippen molar-refractivity contribution in [2.24, 2.45) is 0 Å². The standard InChI is InChI=1S/C21H16N4O3S/c1-13-22-18(12-29-13)14-4-2-6-16(10-14)23-21(28)15-5-3-7-17(11-15)25-20(27)9-8-19(26)24-25/h2-12H,1H3,(H,23,28)(H,24,26). The third kappa shape index (κ3) is 4.07. The fraction of sp³-hybridized carbons (Fsp3) is 0.0476. The largest absolute Gasteiger partial charge is 0.322 e. The van der Waals surface area contributed by atoms with E-state index < -0.39 is 11.1 Å². The lowest BCUT2D eigenvalue weighted by Crippen LogP contribution is -2.26. The van der Waals surface area contributed by atoms with Crippen LogP contribution in [-0.2, 0) is 0 Å². The molecule has 2 aromatic carbocycles. The molecule has 0 radical (unpaired) electrons. The summed E-state index contributed by atoms with van der Waals surface area (Å²) < 4.78 is 1.10. The first-order valence-corrected chi connectivity index (χ1v) is 9.64. The molecule has 144 valence electrons. The van der Waals surface area contributed by atoms with Crippen LogP contribution in [0, 0.1) is 6.92 Å². The molecular formula is C21H16N4O3S. The first kappa shape index (κ1) is 18.6. The SMILES string of the molecule is Cc1nc(-c2cccc(NC(=O)c3cccc(-n4[nH]c(=O)ccc4=O)c3)c2)cs1. The van der Waals surface area contributed by atoms with E-state index in [0.717, 1.165) is 27.0 Å². The lowest BCUT2D eigenvalue weighted by atomic mass is 10.1. The molecule has 0 unspecified atom stereocenters. The van der Waals surface area contributed by atoms with E-state index in [1.54, 1.807) is 41.7 Å². The van der Waals surface area contributed by atoms with E-state index in [2.05, 4.69) is 15.4 Å². The molecule has 1 amide bonds. The summed E-state index contributed by atoms with van der Waals surface area (Å²) in [5.74, 6) is -0.329. The normalized spacial score (nSPS) is 10.7. The molecule has 0 spiro atoms. The average molecular weight is 404 g/mol. The van der Waals surface area contributed by atoms with Gasteiger partial charge in [-0.25, -0.2) is 9.67 Å². The number of aromatic nitrogens is 3. The summed E-state index contributed by atoms with van der Waals surface area (Å²) in [6.45, 7) is 1.94. The Hall–Kier alpha value is -3.78. The van der Waals surface area contributed by atoms with Crippen LogP contribution in [0.2, 0.25) is 0 Å². The van der Waals surface area contributed by atoms with E-state index in [1.165, 1.54) is 6.07 Å². The summed E-state index contributed by atoms with van der Waals surface area (Å²) >= 11 is 1.57. The molecular weight excluding hydrogens is 388 g/mol. The van der Waals surface area contributed by atoms with E-state index in [4.69, 9.17) is 0 Å². The quantitative estimate of drug-likeness (QED) is 0.546. The minimum atomic E-state index is -0.409. The molecule has 0 fully saturated rings. The molecule has 0 aliphatic heterocycles. The van der Waals surface area contributed by atoms with Gasteiger partial charge < -0.3 is 5.32 Å². The molecule has 0 saturated heterocycles. The summed E-state index contributed by atoms with van der Waals surface area (Å²) in [6, 6.07) is 16.2. The van der Waals surface area contributed by atoms with Gasteiger partial charge in [0.2, 0.25) is 0 Å². The molecule has 7 nitrogen and oxygen atoms in total. The maximum absolute atomic E-state index is 12.7. The van der Waals surface area contributed by atoms with Crippen molar-refractivity contribution in [1.82, 2.24) is 14.8 Å².